The van der Waals surface area contributed by atoms with Crippen molar-refractivity contribution in [3.05, 3.63) is 24.0 Å². The standard InChI is InChI=1S/C11H17N3/c1-9-11(3-2-6-13-9)14-7-4-10(12)5-8-14/h2-3,6,10H,4-5,7-8,12H2,1H3. The quantitative estimate of drug-likeness (QED) is 0.728. The molecule has 1 saturated heterocycles. The summed E-state index contributed by atoms with van der Waals surface area (Å²) >= 11 is 0. The molecule has 0 bridgehead atoms. The molecule has 0 amide bonds. The fourth-order valence-corrected chi connectivity index (χ4v) is 1.95. The van der Waals surface area contributed by atoms with Crippen molar-refractivity contribution in [3.8, 4) is 0 Å². The lowest BCUT2D eigenvalue weighted by Gasteiger charge is -2.32. The molecule has 1 aliphatic heterocycles. The Morgan fingerprint density at radius 3 is 2.79 bits per heavy atom. The first-order valence-electron chi connectivity index (χ1n) is 5.19. The van der Waals surface area contributed by atoms with Crippen LogP contribution in [-0.2, 0) is 0 Å². The molecule has 3 heteroatoms. The Labute approximate surface area is 84.9 Å². The number of hydrogen-bond acceptors (Lipinski definition) is 3. The molecule has 0 saturated carbocycles. The maximum Gasteiger partial charge on any atom is 0.0605 e. The molecule has 76 valence electrons. The number of rotatable bonds is 1. The van der Waals surface area contributed by atoms with Gasteiger partial charge in [0.1, 0.15) is 0 Å². The van der Waals surface area contributed by atoms with Gasteiger partial charge in [0, 0.05) is 25.3 Å². The number of aryl methyl sites for hydroxylation is 1. The van der Waals surface area contributed by atoms with Gasteiger partial charge in [-0.25, -0.2) is 0 Å². The van der Waals surface area contributed by atoms with Gasteiger partial charge >= 0.3 is 0 Å². The van der Waals surface area contributed by atoms with E-state index in [0.717, 1.165) is 31.6 Å². The normalized spacial score (nSPS) is 18.6. The predicted octanol–water partition coefficient (Wildman–Crippen LogP) is 1.32. The van der Waals surface area contributed by atoms with Crippen molar-refractivity contribution in [1.82, 2.24) is 4.98 Å². The number of nitrogens with zero attached hydrogens (tertiary/aromatic N) is 2. The smallest absolute Gasteiger partial charge is 0.0605 e. The van der Waals surface area contributed by atoms with Gasteiger partial charge in [-0.3, -0.25) is 4.98 Å². The molecule has 2 N–H and O–H groups in total. The Morgan fingerprint density at radius 2 is 2.14 bits per heavy atom. The first-order chi connectivity index (χ1) is 6.77. The van der Waals surface area contributed by atoms with E-state index in [0.29, 0.717) is 6.04 Å². The zero-order valence-corrected chi connectivity index (χ0v) is 8.61. The van der Waals surface area contributed by atoms with Crippen molar-refractivity contribution in [2.75, 3.05) is 18.0 Å². The predicted molar refractivity (Wildman–Crippen MR) is 58.4 cm³/mol. The molecule has 14 heavy (non-hydrogen) atoms. The summed E-state index contributed by atoms with van der Waals surface area (Å²) in [6.45, 7) is 4.19. The summed E-state index contributed by atoms with van der Waals surface area (Å²) in [5, 5.41) is 0. The average Bonchev–Trinajstić information content (AvgIpc) is 2.20. The third-order valence-electron chi connectivity index (χ3n) is 2.86. The third kappa shape index (κ3) is 1.87. The number of anilines is 1. The van der Waals surface area contributed by atoms with Crippen LogP contribution in [0.25, 0.3) is 0 Å². The second kappa shape index (κ2) is 3.96. The molecule has 1 aromatic heterocycles. The first kappa shape index (κ1) is 9.46. The van der Waals surface area contributed by atoms with Gasteiger partial charge in [-0.15, -0.1) is 0 Å². The maximum absolute atomic E-state index is 5.87. The van der Waals surface area contributed by atoms with Gasteiger partial charge in [0.2, 0.25) is 0 Å². The van der Waals surface area contributed by atoms with Crippen LogP contribution in [0.4, 0.5) is 5.69 Å². The van der Waals surface area contributed by atoms with Crippen LogP contribution in [0.15, 0.2) is 18.3 Å². The molecule has 1 fully saturated rings. The molecule has 0 atom stereocenters. The molecule has 0 spiro atoms. The van der Waals surface area contributed by atoms with Gasteiger partial charge < -0.3 is 10.6 Å². The molecule has 0 aliphatic carbocycles. The highest BCUT2D eigenvalue weighted by Crippen LogP contribution is 2.21. The minimum absolute atomic E-state index is 0.392. The van der Waals surface area contributed by atoms with Gasteiger partial charge in [0.05, 0.1) is 11.4 Å². The van der Waals surface area contributed by atoms with E-state index < -0.39 is 0 Å². The number of piperidine rings is 1. The van der Waals surface area contributed by atoms with Crippen molar-refractivity contribution in [2.45, 2.75) is 25.8 Å². The molecule has 0 unspecified atom stereocenters. The van der Waals surface area contributed by atoms with Crippen molar-refractivity contribution in [3.63, 3.8) is 0 Å². The molecule has 1 aliphatic rings. The van der Waals surface area contributed by atoms with E-state index in [9.17, 15) is 0 Å². The summed E-state index contributed by atoms with van der Waals surface area (Å²) in [6, 6.07) is 4.53. The molecule has 1 aromatic rings. The van der Waals surface area contributed by atoms with E-state index in [1.165, 1.54) is 5.69 Å². The topological polar surface area (TPSA) is 42.2 Å². The van der Waals surface area contributed by atoms with Crippen molar-refractivity contribution in [1.29, 1.82) is 0 Å². The Bertz CT molecular complexity index is 303. The maximum atomic E-state index is 5.87. The van der Waals surface area contributed by atoms with E-state index in [1.807, 2.05) is 12.3 Å². The van der Waals surface area contributed by atoms with Gasteiger partial charge in [-0.2, -0.15) is 0 Å². The van der Waals surface area contributed by atoms with E-state index in [4.69, 9.17) is 5.73 Å². The number of nitrogens with two attached hydrogens (primary N) is 1. The summed E-state index contributed by atoms with van der Waals surface area (Å²) in [5.74, 6) is 0. The van der Waals surface area contributed by atoms with Gasteiger partial charge in [-0.05, 0) is 31.9 Å². The van der Waals surface area contributed by atoms with Crippen LogP contribution in [0.1, 0.15) is 18.5 Å². The van der Waals surface area contributed by atoms with Crippen LogP contribution in [0.5, 0.6) is 0 Å². The van der Waals surface area contributed by atoms with E-state index in [2.05, 4.69) is 22.9 Å². The minimum atomic E-state index is 0.392. The lowest BCUT2D eigenvalue weighted by atomic mass is 10.1. The lowest BCUT2D eigenvalue weighted by Crippen LogP contribution is -2.40. The minimum Gasteiger partial charge on any atom is -0.370 e. The van der Waals surface area contributed by atoms with E-state index >= 15 is 0 Å². The SMILES string of the molecule is Cc1ncccc1N1CCC(N)CC1. The van der Waals surface area contributed by atoms with Crippen LogP contribution >= 0.6 is 0 Å². The molecular formula is C11H17N3. The summed E-state index contributed by atoms with van der Waals surface area (Å²) in [4.78, 5) is 6.68. The Balaban J connectivity index is 2.12. The van der Waals surface area contributed by atoms with Gasteiger partial charge in [0.25, 0.3) is 0 Å². The third-order valence-corrected chi connectivity index (χ3v) is 2.86. The van der Waals surface area contributed by atoms with Crippen molar-refractivity contribution >= 4 is 5.69 Å². The molecular weight excluding hydrogens is 174 g/mol. The van der Waals surface area contributed by atoms with E-state index in [-0.39, 0.29) is 0 Å². The van der Waals surface area contributed by atoms with Crippen LogP contribution in [0, 0.1) is 6.92 Å². The fourth-order valence-electron chi connectivity index (χ4n) is 1.95. The van der Waals surface area contributed by atoms with Crippen LogP contribution in [-0.4, -0.2) is 24.1 Å². The molecule has 2 heterocycles. The monoisotopic (exact) mass is 191 g/mol. The Kier molecular flexibility index (Phi) is 2.68. The van der Waals surface area contributed by atoms with Crippen LogP contribution in [0.3, 0.4) is 0 Å². The van der Waals surface area contributed by atoms with Crippen molar-refractivity contribution < 1.29 is 0 Å². The van der Waals surface area contributed by atoms with Gasteiger partial charge in [-0.1, -0.05) is 0 Å². The first-order valence-corrected chi connectivity index (χ1v) is 5.19. The lowest BCUT2D eigenvalue weighted by molar-refractivity contribution is 0.500. The van der Waals surface area contributed by atoms with Crippen molar-refractivity contribution in [2.24, 2.45) is 5.73 Å². The number of aromatic nitrogens is 1. The molecule has 3 nitrogen and oxygen atoms in total. The summed E-state index contributed by atoms with van der Waals surface area (Å²) in [6.07, 6.45) is 4.02. The van der Waals surface area contributed by atoms with Crippen LogP contribution < -0.4 is 10.6 Å². The number of hydrogen-bond donors (Lipinski definition) is 1. The largest absolute Gasteiger partial charge is 0.370 e. The summed E-state index contributed by atoms with van der Waals surface area (Å²) in [5.41, 5.74) is 8.25. The average molecular weight is 191 g/mol. The summed E-state index contributed by atoms with van der Waals surface area (Å²) in [7, 11) is 0. The molecule has 2 rings (SSSR count). The fraction of sp³-hybridized carbons (Fsp3) is 0.545. The van der Waals surface area contributed by atoms with Gasteiger partial charge in [0.15, 0.2) is 0 Å². The zero-order valence-electron chi connectivity index (χ0n) is 8.61. The Morgan fingerprint density at radius 1 is 1.43 bits per heavy atom. The summed E-state index contributed by atoms with van der Waals surface area (Å²) < 4.78 is 0. The zero-order chi connectivity index (χ0) is 9.97. The second-order valence-electron chi connectivity index (χ2n) is 3.93. The second-order valence-corrected chi connectivity index (χ2v) is 3.93. The molecule has 0 aromatic carbocycles. The van der Waals surface area contributed by atoms with Crippen LogP contribution in [0.2, 0.25) is 0 Å². The molecule has 0 radical (unpaired) electrons. The Hall–Kier alpha value is -1.09. The highest BCUT2D eigenvalue weighted by molar-refractivity contribution is 5.50. The van der Waals surface area contributed by atoms with E-state index in [1.54, 1.807) is 0 Å². The highest BCUT2D eigenvalue weighted by Gasteiger charge is 2.17. The highest BCUT2D eigenvalue weighted by atomic mass is 15.1. The number of pyridine rings is 1.